The molecule has 1 atom stereocenters. The molecule has 1 unspecified atom stereocenters. The first-order chi connectivity index (χ1) is 15.2. The Hall–Kier alpha value is -2.71. The second-order valence-corrected chi connectivity index (χ2v) is 8.81. The molecule has 2 rings (SSSR count). The van der Waals surface area contributed by atoms with Crippen LogP contribution in [0.2, 0.25) is 0 Å². The number of rotatable bonds is 10. The fourth-order valence-corrected chi connectivity index (χ4v) is 3.38. The van der Waals surface area contributed by atoms with Crippen LogP contribution in [0, 0.1) is 5.92 Å². The van der Waals surface area contributed by atoms with Crippen molar-refractivity contribution < 1.29 is 14.4 Å². The number of nitrogens with one attached hydrogen (secondary N) is 3. The van der Waals surface area contributed by atoms with Crippen LogP contribution in [-0.4, -0.2) is 43.4 Å². The zero-order valence-corrected chi connectivity index (χ0v) is 20.7. The number of benzene rings is 2. The molecule has 32 heavy (non-hydrogen) atoms. The quantitative estimate of drug-likeness (QED) is 0.330. The summed E-state index contributed by atoms with van der Waals surface area (Å²) in [6.07, 6.45) is 4.26. The van der Waals surface area contributed by atoms with Gasteiger partial charge in [0, 0.05) is 17.2 Å². The van der Waals surface area contributed by atoms with E-state index in [2.05, 4.69) is 58.0 Å². The fraction of sp³-hybridized carbons (Fsp3) is 0.375. The molecule has 2 aromatic carbocycles. The first-order valence-corrected chi connectivity index (χ1v) is 11.2. The molecule has 0 aromatic heterocycles. The van der Waals surface area contributed by atoms with Crippen molar-refractivity contribution >= 4 is 40.3 Å². The number of hydrogen-bond acceptors (Lipinski definition) is 4. The molecule has 7 nitrogen and oxygen atoms in total. The van der Waals surface area contributed by atoms with Crippen molar-refractivity contribution in [3.63, 3.8) is 0 Å². The molecule has 0 spiro atoms. The van der Waals surface area contributed by atoms with E-state index in [1.54, 1.807) is 24.3 Å². The minimum atomic E-state index is -0.466. The first-order valence-electron chi connectivity index (χ1n) is 10.4. The fourth-order valence-electron chi connectivity index (χ4n) is 3.11. The van der Waals surface area contributed by atoms with Crippen LogP contribution in [0.25, 0.3) is 0 Å². The van der Waals surface area contributed by atoms with Gasteiger partial charge in [0.2, 0.25) is 6.41 Å². The average molecular weight is 505 g/mol. The normalized spacial score (nSPS) is 12.1. The maximum Gasteiger partial charge on any atom is 0.338 e. The number of hydrogen-bond donors (Lipinski definition) is 3. The van der Waals surface area contributed by atoms with Gasteiger partial charge < -0.3 is 15.4 Å². The Balaban J connectivity index is 0.000000323. The number of likely N-dealkylation sites (N-methyl/N-ethyl adjacent to an activating group) is 1. The van der Waals surface area contributed by atoms with Gasteiger partial charge in [0.15, 0.2) is 0 Å². The molecule has 0 aliphatic carbocycles. The zero-order valence-electron chi connectivity index (χ0n) is 19.1. The topological polar surface area (TPSA) is 90.5 Å². The van der Waals surface area contributed by atoms with Gasteiger partial charge in [0.1, 0.15) is 6.29 Å². The van der Waals surface area contributed by atoms with Crippen LogP contribution in [0.3, 0.4) is 0 Å². The lowest BCUT2D eigenvalue weighted by molar-refractivity contribution is -0.118. The number of carbonyl (C=O) groups is 3. The Kier molecular flexibility index (Phi) is 12.3. The monoisotopic (exact) mass is 504 g/mol. The molecule has 8 heteroatoms. The maximum atomic E-state index is 11.4. The summed E-state index contributed by atoms with van der Waals surface area (Å²) in [6.45, 7) is 4.30. The number of anilines is 1. The standard InChI is InChI=1S/C15H23NO.C9H10BrN3O2/c1-13(2)11-15(12-17,16-3)10-9-14-7-5-4-6-8-14;1-13(6-14)12-9(15)11-8-4-2-7(10)3-5-8/h4-8,12-13,16H,9-11H2,1-3H3;2-6H,1H3,(H2,11,12,15). The van der Waals surface area contributed by atoms with E-state index in [-0.39, 0.29) is 5.54 Å². The lowest BCUT2D eigenvalue weighted by atomic mass is 9.85. The van der Waals surface area contributed by atoms with E-state index in [0.717, 1.165) is 35.0 Å². The van der Waals surface area contributed by atoms with Crippen LogP contribution in [-0.2, 0) is 16.0 Å². The third kappa shape index (κ3) is 10.5. The van der Waals surface area contributed by atoms with E-state index in [0.29, 0.717) is 18.0 Å². The summed E-state index contributed by atoms with van der Waals surface area (Å²) in [5.41, 5.74) is 3.86. The van der Waals surface area contributed by atoms with E-state index in [1.807, 2.05) is 25.2 Å². The van der Waals surface area contributed by atoms with E-state index < -0.39 is 6.03 Å². The molecule has 0 heterocycles. The predicted octanol–water partition coefficient (Wildman–Crippen LogP) is 4.40. The summed E-state index contributed by atoms with van der Waals surface area (Å²) in [5, 5.41) is 6.78. The highest BCUT2D eigenvalue weighted by molar-refractivity contribution is 9.10. The van der Waals surface area contributed by atoms with Gasteiger partial charge in [0.25, 0.3) is 0 Å². The highest BCUT2D eigenvalue weighted by atomic mass is 79.9. The van der Waals surface area contributed by atoms with Crippen molar-refractivity contribution in [3.05, 3.63) is 64.6 Å². The number of urea groups is 1. The minimum Gasteiger partial charge on any atom is -0.308 e. The molecular formula is C24H33BrN4O3. The summed E-state index contributed by atoms with van der Waals surface area (Å²) in [7, 11) is 3.32. The molecule has 2 aromatic rings. The van der Waals surface area contributed by atoms with Crippen molar-refractivity contribution in [2.75, 3.05) is 19.4 Å². The minimum absolute atomic E-state index is 0.371. The third-order valence-electron chi connectivity index (χ3n) is 4.74. The van der Waals surface area contributed by atoms with Crippen LogP contribution in [0.15, 0.2) is 59.1 Å². The summed E-state index contributed by atoms with van der Waals surface area (Å²) in [6, 6.07) is 16.9. The number of aldehydes is 1. The molecule has 0 aliphatic heterocycles. The number of nitrogens with zero attached hydrogens (tertiary/aromatic N) is 1. The zero-order chi connectivity index (χ0) is 24.0. The highest BCUT2D eigenvalue weighted by Crippen LogP contribution is 2.21. The lowest BCUT2D eigenvalue weighted by Crippen LogP contribution is -2.46. The van der Waals surface area contributed by atoms with Crippen LogP contribution < -0.4 is 16.1 Å². The third-order valence-corrected chi connectivity index (χ3v) is 5.27. The Labute approximate surface area is 199 Å². The van der Waals surface area contributed by atoms with Gasteiger partial charge in [-0.15, -0.1) is 0 Å². The van der Waals surface area contributed by atoms with Crippen molar-refractivity contribution in [1.82, 2.24) is 15.8 Å². The van der Waals surface area contributed by atoms with E-state index in [4.69, 9.17) is 0 Å². The number of amides is 3. The van der Waals surface area contributed by atoms with Gasteiger partial charge >= 0.3 is 6.03 Å². The molecule has 0 radical (unpaired) electrons. The van der Waals surface area contributed by atoms with Crippen molar-refractivity contribution in [1.29, 1.82) is 0 Å². The van der Waals surface area contributed by atoms with E-state index >= 15 is 0 Å². The first kappa shape index (κ1) is 27.3. The predicted molar refractivity (Wildman–Crippen MR) is 132 cm³/mol. The van der Waals surface area contributed by atoms with Gasteiger partial charge in [-0.3, -0.25) is 9.80 Å². The molecule has 0 bridgehead atoms. The Bertz CT molecular complexity index is 831. The molecule has 0 fully saturated rings. The van der Waals surface area contributed by atoms with Crippen molar-refractivity contribution in [2.24, 2.45) is 5.92 Å². The van der Waals surface area contributed by atoms with Gasteiger partial charge in [-0.25, -0.2) is 10.2 Å². The molecule has 0 saturated carbocycles. The maximum absolute atomic E-state index is 11.4. The van der Waals surface area contributed by atoms with Crippen molar-refractivity contribution in [2.45, 2.75) is 38.6 Å². The van der Waals surface area contributed by atoms with E-state index in [9.17, 15) is 14.4 Å². The smallest absolute Gasteiger partial charge is 0.308 e. The highest BCUT2D eigenvalue weighted by Gasteiger charge is 2.28. The van der Waals surface area contributed by atoms with Crippen LogP contribution >= 0.6 is 15.9 Å². The van der Waals surface area contributed by atoms with Gasteiger partial charge in [0.05, 0.1) is 5.54 Å². The number of hydrazine groups is 1. The molecule has 3 amide bonds. The largest absolute Gasteiger partial charge is 0.338 e. The van der Waals surface area contributed by atoms with E-state index in [1.165, 1.54) is 12.6 Å². The Morgan fingerprint density at radius 2 is 1.72 bits per heavy atom. The summed E-state index contributed by atoms with van der Waals surface area (Å²) in [5.74, 6) is 0.517. The van der Waals surface area contributed by atoms with Crippen molar-refractivity contribution in [3.8, 4) is 0 Å². The second kappa shape index (κ2) is 14.4. The van der Waals surface area contributed by atoms with Crippen LogP contribution in [0.5, 0.6) is 0 Å². The van der Waals surface area contributed by atoms with Gasteiger partial charge in [-0.05, 0) is 62.1 Å². The molecule has 0 aliphatic rings. The second-order valence-electron chi connectivity index (χ2n) is 7.90. The summed E-state index contributed by atoms with van der Waals surface area (Å²) < 4.78 is 0.929. The van der Waals surface area contributed by atoms with Gasteiger partial charge in [-0.1, -0.05) is 60.1 Å². The Morgan fingerprint density at radius 3 is 2.22 bits per heavy atom. The SMILES string of the molecule is CN(C=O)NC(=O)Nc1ccc(Br)cc1.CNC(C=O)(CCc1ccccc1)CC(C)C. The number of halogens is 1. The van der Waals surface area contributed by atoms with Crippen LogP contribution in [0.4, 0.5) is 10.5 Å². The van der Waals surface area contributed by atoms with Crippen LogP contribution in [0.1, 0.15) is 32.3 Å². The lowest BCUT2D eigenvalue weighted by Gasteiger charge is -2.29. The molecule has 3 N–H and O–H groups in total. The molecule has 174 valence electrons. The number of aryl methyl sites for hydroxylation is 1. The molecule has 0 saturated heterocycles. The summed E-state index contributed by atoms with van der Waals surface area (Å²) >= 11 is 3.28. The average Bonchev–Trinajstić information content (AvgIpc) is 2.79. The number of carbonyl (C=O) groups excluding carboxylic acids is 3. The van der Waals surface area contributed by atoms with Gasteiger partial charge in [-0.2, -0.15) is 0 Å². The summed E-state index contributed by atoms with van der Waals surface area (Å²) in [4.78, 5) is 32.8. The Morgan fingerprint density at radius 1 is 1.09 bits per heavy atom. The molecular weight excluding hydrogens is 472 g/mol.